The molecule has 3 heterocycles. The van der Waals surface area contributed by atoms with Gasteiger partial charge in [0.15, 0.2) is 0 Å². The Kier molecular flexibility index (Phi) is 7.71. The maximum Gasteiger partial charge on any atom is 0.234 e. The van der Waals surface area contributed by atoms with Gasteiger partial charge in [0.1, 0.15) is 11.0 Å². The van der Waals surface area contributed by atoms with E-state index in [4.69, 9.17) is 11.6 Å². The number of nitrogens with zero attached hydrogens (tertiary/aromatic N) is 4. The molecule has 1 aliphatic rings. The van der Waals surface area contributed by atoms with Crippen LogP contribution in [-0.4, -0.2) is 61.8 Å². The third-order valence-electron chi connectivity index (χ3n) is 4.65. The van der Waals surface area contributed by atoms with E-state index >= 15 is 0 Å². The van der Waals surface area contributed by atoms with Crippen molar-refractivity contribution in [2.75, 3.05) is 53.4 Å². The zero-order chi connectivity index (χ0) is 21.0. The van der Waals surface area contributed by atoms with Crippen LogP contribution in [0.1, 0.15) is 0 Å². The highest BCUT2D eigenvalue weighted by atomic mass is 35.5. The lowest BCUT2D eigenvalue weighted by Crippen LogP contribution is -2.44. The van der Waals surface area contributed by atoms with Crippen molar-refractivity contribution in [1.82, 2.24) is 20.3 Å². The van der Waals surface area contributed by atoms with E-state index in [2.05, 4.69) is 35.2 Å². The van der Waals surface area contributed by atoms with Crippen molar-refractivity contribution in [3.8, 4) is 0 Å². The molecule has 0 spiro atoms. The van der Waals surface area contributed by atoms with Crippen molar-refractivity contribution >= 4 is 62.4 Å². The Labute approximate surface area is 192 Å². The predicted molar refractivity (Wildman–Crippen MR) is 127 cm³/mol. The number of rotatable bonds is 7. The van der Waals surface area contributed by atoms with E-state index in [9.17, 15) is 8.42 Å². The molecule has 4 rings (SSSR count). The molecule has 12 heteroatoms. The van der Waals surface area contributed by atoms with Crippen LogP contribution in [0.5, 0.6) is 0 Å². The molecular formula is C19H23Cl2N7O2S. The number of piperazine rings is 1. The minimum atomic E-state index is -3.51. The number of anilines is 3. The minimum Gasteiger partial charge on any atom is -0.368 e. The van der Waals surface area contributed by atoms with E-state index < -0.39 is 10.0 Å². The summed E-state index contributed by atoms with van der Waals surface area (Å²) in [5, 5.41) is 7.45. The van der Waals surface area contributed by atoms with Crippen molar-refractivity contribution in [3.63, 3.8) is 0 Å². The molecule has 9 nitrogen and oxygen atoms in total. The number of benzene rings is 1. The fraction of sp³-hybridized carbons (Fsp3) is 0.316. The molecule has 1 aliphatic heterocycles. The standard InChI is InChI=1S/C19H22ClN7O2S.ClH/c20-17-12-15-16(13-23-17)24-19(27-9-6-21-7-10-27)25-18(15)22-8-11-30(28,29)26-14-4-2-1-3-5-14;/h1-5,12-13,21,26H,6-11H2,(H,22,24,25);1H. The predicted octanol–water partition coefficient (Wildman–Crippen LogP) is 2.36. The Hall–Kier alpha value is -2.40. The highest BCUT2D eigenvalue weighted by Crippen LogP contribution is 2.25. The summed E-state index contributed by atoms with van der Waals surface area (Å²) in [7, 11) is -3.51. The molecular weight excluding hydrogens is 461 g/mol. The lowest BCUT2D eigenvalue weighted by molar-refractivity contribution is 0.580. The molecule has 2 aromatic heterocycles. The highest BCUT2D eigenvalue weighted by Gasteiger charge is 2.17. The van der Waals surface area contributed by atoms with Crippen LogP contribution < -0.4 is 20.3 Å². The third kappa shape index (κ3) is 6.07. The van der Waals surface area contributed by atoms with E-state index in [1.54, 1.807) is 36.5 Å². The SMILES string of the molecule is Cl.O=S(=O)(CCNc1nc(N2CCNCC2)nc2cnc(Cl)cc12)Nc1ccccc1. The molecule has 3 N–H and O–H groups in total. The first kappa shape index (κ1) is 23.3. The van der Waals surface area contributed by atoms with Crippen LogP contribution in [0.25, 0.3) is 10.9 Å². The monoisotopic (exact) mass is 483 g/mol. The van der Waals surface area contributed by atoms with E-state index in [1.165, 1.54) is 0 Å². The molecule has 166 valence electrons. The highest BCUT2D eigenvalue weighted by molar-refractivity contribution is 7.92. The van der Waals surface area contributed by atoms with Gasteiger partial charge in [-0.15, -0.1) is 12.4 Å². The van der Waals surface area contributed by atoms with Crippen LogP contribution >= 0.6 is 24.0 Å². The maximum atomic E-state index is 12.4. The first-order valence-corrected chi connectivity index (χ1v) is 11.6. The summed E-state index contributed by atoms with van der Waals surface area (Å²) in [5.74, 6) is 1.00. The molecule has 1 fully saturated rings. The number of hydrogen-bond donors (Lipinski definition) is 3. The van der Waals surface area contributed by atoms with Crippen molar-refractivity contribution in [2.45, 2.75) is 0 Å². The largest absolute Gasteiger partial charge is 0.368 e. The molecule has 0 atom stereocenters. The number of hydrogen-bond acceptors (Lipinski definition) is 8. The molecule has 0 amide bonds. The minimum absolute atomic E-state index is 0. The van der Waals surface area contributed by atoms with Gasteiger partial charge in [0.05, 0.1) is 17.5 Å². The smallest absolute Gasteiger partial charge is 0.234 e. The number of aromatic nitrogens is 3. The maximum absolute atomic E-state index is 12.4. The lowest BCUT2D eigenvalue weighted by atomic mass is 10.3. The molecule has 1 saturated heterocycles. The summed E-state index contributed by atoms with van der Waals surface area (Å²) < 4.78 is 27.4. The Balaban J connectivity index is 0.00000272. The second-order valence-corrected chi connectivity index (χ2v) is 9.08. The van der Waals surface area contributed by atoms with Crippen molar-refractivity contribution in [3.05, 3.63) is 47.7 Å². The van der Waals surface area contributed by atoms with Crippen molar-refractivity contribution in [1.29, 1.82) is 0 Å². The fourth-order valence-electron chi connectivity index (χ4n) is 3.18. The van der Waals surface area contributed by atoms with E-state index in [-0.39, 0.29) is 24.7 Å². The van der Waals surface area contributed by atoms with Crippen LogP contribution in [0, 0.1) is 0 Å². The summed E-state index contributed by atoms with van der Waals surface area (Å²) >= 11 is 6.06. The van der Waals surface area contributed by atoms with Crippen molar-refractivity contribution < 1.29 is 8.42 Å². The van der Waals surface area contributed by atoms with Crippen LogP contribution in [0.4, 0.5) is 17.5 Å². The van der Waals surface area contributed by atoms with Gasteiger partial charge in [0.2, 0.25) is 16.0 Å². The Morgan fingerprint density at radius 2 is 1.87 bits per heavy atom. The van der Waals surface area contributed by atoms with Gasteiger partial charge >= 0.3 is 0 Å². The average molecular weight is 484 g/mol. The quantitative estimate of drug-likeness (QED) is 0.439. The molecule has 0 unspecified atom stereocenters. The molecule has 0 bridgehead atoms. The van der Waals surface area contributed by atoms with Gasteiger partial charge in [-0.2, -0.15) is 4.98 Å². The average Bonchev–Trinajstić information content (AvgIpc) is 2.74. The van der Waals surface area contributed by atoms with Gasteiger partial charge in [0.25, 0.3) is 0 Å². The van der Waals surface area contributed by atoms with Gasteiger partial charge < -0.3 is 15.5 Å². The molecule has 0 saturated carbocycles. The van der Waals surface area contributed by atoms with Gasteiger partial charge in [-0.1, -0.05) is 29.8 Å². The summed E-state index contributed by atoms with van der Waals surface area (Å²) in [5.41, 5.74) is 1.18. The molecule has 0 radical (unpaired) electrons. The number of pyridine rings is 1. The molecule has 0 aliphatic carbocycles. The fourth-order valence-corrected chi connectivity index (χ4v) is 4.30. The topological polar surface area (TPSA) is 112 Å². The summed E-state index contributed by atoms with van der Waals surface area (Å²) in [4.78, 5) is 15.5. The van der Waals surface area contributed by atoms with Crippen LogP contribution in [0.2, 0.25) is 5.15 Å². The second-order valence-electron chi connectivity index (χ2n) is 6.85. The number of nitrogens with one attached hydrogen (secondary N) is 3. The van der Waals surface area contributed by atoms with Crippen LogP contribution in [0.3, 0.4) is 0 Å². The third-order valence-corrected chi connectivity index (χ3v) is 6.14. The zero-order valence-corrected chi connectivity index (χ0v) is 19.0. The molecule has 3 aromatic rings. The summed E-state index contributed by atoms with van der Waals surface area (Å²) in [6, 6.07) is 10.5. The first-order chi connectivity index (χ1) is 14.5. The Bertz CT molecular complexity index is 1130. The van der Waals surface area contributed by atoms with Gasteiger partial charge in [0, 0.05) is 43.8 Å². The second kappa shape index (κ2) is 10.3. The van der Waals surface area contributed by atoms with Gasteiger partial charge in [-0.25, -0.2) is 18.4 Å². The number of halogens is 2. The number of para-hydroxylation sites is 1. The summed E-state index contributed by atoms with van der Waals surface area (Å²) in [6.45, 7) is 3.47. The zero-order valence-electron chi connectivity index (χ0n) is 16.6. The Morgan fingerprint density at radius 3 is 2.61 bits per heavy atom. The normalized spacial score (nSPS) is 14.2. The lowest BCUT2D eigenvalue weighted by Gasteiger charge is -2.28. The Morgan fingerprint density at radius 1 is 1.13 bits per heavy atom. The van der Waals surface area contributed by atoms with Crippen LogP contribution in [-0.2, 0) is 10.0 Å². The first-order valence-electron chi connectivity index (χ1n) is 9.58. The number of fused-ring (bicyclic) bond motifs is 1. The van der Waals surface area contributed by atoms with E-state index in [0.717, 1.165) is 26.2 Å². The molecule has 1 aromatic carbocycles. The van der Waals surface area contributed by atoms with E-state index in [1.807, 2.05) is 6.07 Å². The summed E-state index contributed by atoms with van der Waals surface area (Å²) in [6.07, 6.45) is 1.60. The van der Waals surface area contributed by atoms with Crippen LogP contribution in [0.15, 0.2) is 42.6 Å². The van der Waals surface area contributed by atoms with Gasteiger partial charge in [-0.3, -0.25) is 4.72 Å². The van der Waals surface area contributed by atoms with Gasteiger partial charge in [-0.05, 0) is 18.2 Å². The number of sulfonamides is 1. The molecule has 31 heavy (non-hydrogen) atoms. The van der Waals surface area contributed by atoms with E-state index in [0.29, 0.717) is 33.5 Å². The van der Waals surface area contributed by atoms with Crippen molar-refractivity contribution in [2.24, 2.45) is 0 Å².